The zero-order chi connectivity index (χ0) is 12.7. The van der Waals surface area contributed by atoms with Crippen LogP contribution in [-0.4, -0.2) is 32.2 Å². The molecule has 0 spiro atoms. The summed E-state index contributed by atoms with van der Waals surface area (Å²) in [7, 11) is -3.20. The highest BCUT2D eigenvalue weighted by Gasteiger charge is 2.10. The normalized spacial score (nSPS) is 11.9. The number of hydrogen-bond donors (Lipinski definition) is 2. The van der Waals surface area contributed by atoms with E-state index in [2.05, 4.69) is 15.0 Å². The maximum atomic E-state index is 11.6. The van der Waals surface area contributed by atoms with Crippen molar-refractivity contribution in [1.82, 2.24) is 15.0 Å². The van der Waals surface area contributed by atoms with Crippen LogP contribution in [0, 0.1) is 6.92 Å². The van der Waals surface area contributed by atoms with Crippen molar-refractivity contribution in [2.45, 2.75) is 26.8 Å². The van der Waals surface area contributed by atoms with E-state index in [4.69, 9.17) is 0 Å². The van der Waals surface area contributed by atoms with Crippen molar-refractivity contribution in [3.8, 4) is 0 Å². The largest absolute Gasteiger partial charge is 0.316 e. The Kier molecular flexibility index (Phi) is 6.04. The number of sulfonamides is 1. The number of rotatable bonds is 8. The maximum absolute atomic E-state index is 11.6. The van der Waals surface area contributed by atoms with Gasteiger partial charge in [0, 0.05) is 11.9 Å². The molecule has 2 N–H and O–H groups in total. The first-order valence-electron chi connectivity index (χ1n) is 5.62. The second-order valence-corrected chi connectivity index (χ2v) is 6.74. The molecule has 98 valence electrons. The van der Waals surface area contributed by atoms with Crippen molar-refractivity contribution in [2.75, 3.05) is 18.8 Å². The van der Waals surface area contributed by atoms with Gasteiger partial charge in [-0.25, -0.2) is 18.1 Å². The average Bonchev–Trinajstić information content (AvgIpc) is 2.68. The quantitative estimate of drug-likeness (QED) is 0.692. The molecule has 0 aliphatic carbocycles. The van der Waals surface area contributed by atoms with E-state index in [0.29, 0.717) is 6.54 Å². The van der Waals surface area contributed by atoms with Gasteiger partial charge in [-0.3, -0.25) is 0 Å². The predicted molar refractivity (Wildman–Crippen MR) is 70.6 cm³/mol. The average molecular weight is 277 g/mol. The van der Waals surface area contributed by atoms with E-state index in [-0.39, 0.29) is 12.3 Å². The molecular weight excluding hydrogens is 258 g/mol. The summed E-state index contributed by atoms with van der Waals surface area (Å²) in [5.74, 6) is 0.107. The molecule has 7 heteroatoms. The third kappa shape index (κ3) is 6.11. The first kappa shape index (κ1) is 14.6. The van der Waals surface area contributed by atoms with Crippen molar-refractivity contribution in [1.29, 1.82) is 0 Å². The molecular formula is C10H19N3O2S2. The summed E-state index contributed by atoms with van der Waals surface area (Å²) in [6, 6.07) is 0. The molecule has 0 amide bonds. The molecule has 0 saturated heterocycles. The molecule has 0 fully saturated rings. The number of aryl methyl sites for hydroxylation is 1. The van der Waals surface area contributed by atoms with Crippen molar-refractivity contribution in [3.05, 3.63) is 16.1 Å². The molecule has 1 heterocycles. The lowest BCUT2D eigenvalue weighted by Gasteiger charge is -2.06. The Morgan fingerprint density at radius 1 is 1.41 bits per heavy atom. The topological polar surface area (TPSA) is 71.1 Å². The Morgan fingerprint density at radius 3 is 2.76 bits per heavy atom. The van der Waals surface area contributed by atoms with E-state index < -0.39 is 10.0 Å². The van der Waals surface area contributed by atoms with Crippen LogP contribution in [0.1, 0.15) is 24.0 Å². The van der Waals surface area contributed by atoms with Gasteiger partial charge in [0.1, 0.15) is 0 Å². The molecule has 0 unspecified atom stereocenters. The third-order valence-electron chi connectivity index (χ3n) is 2.11. The summed E-state index contributed by atoms with van der Waals surface area (Å²) in [4.78, 5) is 4.20. The summed E-state index contributed by atoms with van der Waals surface area (Å²) < 4.78 is 25.7. The van der Waals surface area contributed by atoms with Gasteiger partial charge in [-0.15, -0.1) is 11.3 Å². The summed E-state index contributed by atoms with van der Waals surface area (Å²) in [6.45, 7) is 5.56. The van der Waals surface area contributed by atoms with Crippen LogP contribution in [0.3, 0.4) is 0 Å². The van der Waals surface area contributed by atoms with Gasteiger partial charge in [-0.2, -0.15) is 0 Å². The molecule has 0 radical (unpaired) electrons. The SMILES string of the molecule is CCCNCCS(=O)(=O)NCc1csc(C)n1. The second kappa shape index (κ2) is 7.05. The molecule has 0 aromatic carbocycles. The number of aromatic nitrogens is 1. The predicted octanol–water partition coefficient (Wildman–Crippen LogP) is 0.871. The van der Waals surface area contributed by atoms with Crippen molar-refractivity contribution in [2.24, 2.45) is 0 Å². The minimum absolute atomic E-state index is 0.107. The smallest absolute Gasteiger partial charge is 0.213 e. The van der Waals surface area contributed by atoms with E-state index in [1.54, 1.807) is 0 Å². The summed E-state index contributed by atoms with van der Waals surface area (Å²) in [5.41, 5.74) is 0.776. The maximum Gasteiger partial charge on any atom is 0.213 e. The zero-order valence-corrected chi connectivity index (χ0v) is 11.8. The molecule has 17 heavy (non-hydrogen) atoms. The van der Waals surface area contributed by atoms with Gasteiger partial charge in [-0.05, 0) is 19.9 Å². The molecule has 0 aliphatic heterocycles. The van der Waals surface area contributed by atoms with Crippen LogP contribution >= 0.6 is 11.3 Å². The van der Waals surface area contributed by atoms with Crippen LogP contribution in [0.15, 0.2) is 5.38 Å². The second-order valence-electron chi connectivity index (χ2n) is 3.75. The highest BCUT2D eigenvalue weighted by molar-refractivity contribution is 7.89. The number of nitrogens with one attached hydrogen (secondary N) is 2. The van der Waals surface area contributed by atoms with Crippen LogP contribution in [0.5, 0.6) is 0 Å². The third-order valence-corrected chi connectivity index (χ3v) is 4.26. The van der Waals surface area contributed by atoms with E-state index in [0.717, 1.165) is 23.7 Å². The van der Waals surface area contributed by atoms with Crippen molar-refractivity contribution < 1.29 is 8.42 Å². The summed E-state index contributed by atoms with van der Waals surface area (Å²) in [5, 5.41) is 5.88. The number of thiazole rings is 1. The van der Waals surface area contributed by atoms with Crippen LogP contribution in [0.25, 0.3) is 0 Å². The summed E-state index contributed by atoms with van der Waals surface area (Å²) in [6.07, 6.45) is 1.01. The zero-order valence-electron chi connectivity index (χ0n) is 10.2. The minimum Gasteiger partial charge on any atom is -0.316 e. The van der Waals surface area contributed by atoms with Gasteiger partial charge >= 0.3 is 0 Å². The van der Waals surface area contributed by atoms with Crippen LogP contribution in [0.2, 0.25) is 0 Å². The Labute approximate surface area is 107 Å². The lowest BCUT2D eigenvalue weighted by atomic mass is 10.5. The highest BCUT2D eigenvalue weighted by Crippen LogP contribution is 2.07. The van der Waals surface area contributed by atoms with Crippen molar-refractivity contribution >= 4 is 21.4 Å². The Balaban J connectivity index is 2.29. The van der Waals surface area contributed by atoms with Gasteiger partial charge in [0.25, 0.3) is 0 Å². The fourth-order valence-corrected chi connectivity index (χ4v) is 2.79. The molecule has 1 aromatic heterocycles. The molecule has 0 atom stereocenters. The van der Waals surface area contributed by atoms with Crippen LogP contribution in [-0.2, 0) is 16.6 Å². The molecule has 1 aromatic rings. The Bertz CT molecular complexity index is 429. The van der Waals surface area contributed by atoms with E-state index >= 15 is 0 Å². The Morgan fingerprint density at radius 2 is 2.18 bits per heavy atom. The molecule has 0 saturated carbocycles. The highest BCUT2D eigenvalue weighted by atomic mass is 32.2. The van der Waals surface area contributed by atoms with Gasteiger partial charge < -0.3 is 5.32 Å². The van der Waals surface area contributed by atoms with E-state index in [1.807, 2.05) is 19.2 Å². The first-order valence-corrected chi connectivity index (χ1v) is 8.16. The van der Waals surface area contributed by atoms with Gasteiger partial charge in [0.05, 0.1) is 23.0 Å². The van der Waals surface area contributed by atoms with Gasteiger partial charge in [0.15, 0.2) is 0 Å². The Hall–Kier alpha value is -0.500. The van der Waals surface area contributed by atoms with E-state index in [1.165, 1.54) is 11.3 Å². The standard InChI is InChI=1S/C10H19N3O2S2/c1-3-4-11-5-6-17(14,15)12-7-10-8-16-9(2)13-10/h8,11-12H,3-7H2,1-2H3. The molecule has 0 aliphatic rings. The first-order chi connectivity index (χ1) is 8.03. The number of hydrogen-bond acceptors (Lipinski definition) is 5. The lowest BCUT2D eigenvalue weighted by molar-refractivity contribution is 0.575. The van der Waals surface area contributed by atoms with Crippen LogP contribution < -0.4 is 10.0 Å². The van der Waals surface area contributed by atoms with Gasteiger partial charge in [0.2, 0.25) is 10.0 Å². The fraction of sp³-hybridized carbons (Fsp3) is 0.700. The van der Waals surface area contributed by atoms with Gasteiger partial charge in [-0.1, -0.05) is 6.92 Å². The molecule has 0 bridgehead atoms. The number of nitrogens with zero attached hydrogens (tertiary/aromatic N) is 1. The molecule has 5 nitrogen and oxygen atoms in total. The van der Waals surface area contributed by atoms with Crippen molar-refractivity contribution in [3.63, 3.8) is 0 Å². The lowest BCUT2D eigenvalue weighted by Crippen LogP contribution is -2.32. The van der Waals surface area contributed by atoms with Crippen LogP contribution in [0.4, 0.5) is 0 Å². The fourth-order valence-electron chi connectivity index (χ4n) is 1.25. The monoisotopic (exact) mass is 277 g/mol. The minimum atomic E-state index is -3.20. The summed E-state index contributed by atoms with van der Waals surface area (Å²) >= 11 is 1.52. The molecule has 1 rings (SSSR count). The van der Waals surface area contributed by atoms with E-state index in [9.17, 15) is 8.42 Å².